The van der Waals surface area contributed by atoms with E-state index in [4.69, 9.17) is 5.11 Å². The van der Waals surface area contributed by atoms with Crippen molar-refractivity contribution in [2.45, 2.75) is 25.3 Å². The van der Waals surface area contributed by atoms with E-state index in [9.17, 15) is 19.2 Å². The van der Waals surface area contributed by atoms with E-state index in [1.807, 2.05) is 0 Å². The molecule has 3 amide bonds. The summed E-state index contributed by atoms with van der Waals surface area (Å²) in [4.78, 5) is 45.1. The summed E-state index contributed by atoms with van der Waals surface area (Å²) < 4.78 is 0. The first-order chi connectivity index (χ1) is 9.06. The molecule has 1 aliphatic heterocycles. The topological polar surface area (TPSA) is 104 Å². The van der Waals surface area contributed by atoms with Gasteiger partial charge in [0, 0.05) is 13.0 Å². The first-order valence-corrected chi connectivity index (χ1v) is 7.05. The lowest BCUT2D eigenvalue weighted by Crippen LogP contribution is -2.36. The fourth-order valence-corrected chi connectivity index (χ4v) is 2.59. The number of carboxylic acids is 1. The van der Waals surface area contributed by atoms with Gasteiger partial charge in [-0.1, -0.05) is 0 Å². The Bertz CT molecular complexity index is 374. The minimum atomic E-state index is -1.10. The number of carbonyl (C=O) groups excluding carboxylic acids is 3. The maximum Gasteiger partial charge on any atom is 0.326 e. The second-order valence-electron chi connectivity index (χ2n) is 4.06. The van der Waals surface area contributed by atoms with Crippen LogP contribution in [0.1, 0.15) is 19.3 Å². The molecule has 19 heavy (non-hydrogen) atoms. The minimum Gasteiger partial charge on any atom is -0.480 e. The van der Waals surface area contributed by atoms with Crippen LogP contribution in [0.3, 0.4) is 0 Å². The zero-order valence-electron chi connectivity index (χ0n) is 10.3. The van der Waals surface area contributed by atoms with E-state index in [0.717, 1.165) is 0 Å². The van der Waals surface area contributed by atoms with Crippen molar-refractivity contribution in [3.05, 3.63) is 0 Å². The Kier molecular flexibility index (Phi) is 6.34. The lowest BCUT2D eigenvalue weighted by molar-refractivity contribution is -0.141. The van der Waals surface area contributed by atoms with Crippen molar-refractivity contribution in [2.24, 2.45) is 0 Å². The normalized spacial score (nSPS) is 16.2. The molecule has 0 bridgehead atoms. The lowest BCUT2D eigenvalue weighted by Gasteiger charge is -2.14. The molecule has 1 unspecified atom stereocenters. The summed E-state index contributed by atoms with van der Waals surface area (Å²) in [7, 11) is 0. The molecule has 7 nitrogen and oxygen atoms in total. The van der Waals surface area contributed by atoms with E-state index in [1.54, 1.807) is 0 Å². The number of rotatable bonds is 8. The van der Waals surface area contributed by atoms with Crippen LogP contribution in [0.25, 0.3) is 0 Å². The standard InChI is InChI=1S/C11H16N2O5S/c14-7-12-8(11(17)18)3-5-19-6-10(16)13-4-1-2-9(13)15/h7-8H,1-6H2,(H,12,14)(H,17,18). The molecule has 0 spiro atoms. The summed E-state index contributed by atoms with van der Waals surface area (Å²) in [6.45, 7) is 0.475. The van der Waals surface area contributed by atoms with E-state index >= 15 is 0 Å². The molecular weight excluding hydrogens is 272 g/mol. The van der Waals surface area contributed by atoms with Crippen LogP contribution in [0.5, 0.6) is 0 Å². The molecule has 1 aliphatic rings. The van der Waals surface area contributed by atoms with Gasteiger partial charge >= 0.3 is 5.97 Å². The van der Waals surface area contributed by atoms with Crippen LogP contribution < -0.4 is 5.32 Å². The summed E-state index contributed by atoms with van der Waals surface area (Å²) >= 11 is 1.26. The van der Waals surface area contributed by atoms with E-state index < -0.39 is 12.0 Å². The van der Waals surface area contributed by atoms with Gasteiger partial charge in [0.2, 0.25) is 18.2 Å². The summed E-state index contributed by atoms with van der Waals surface area (Å²) in [5.74, 6) is -0.904. The van der Waals surface area contributed by atoms with Crippen molar-refractivity contribution < 1.29 is 24.3 Å². The summed E-state index contributed by atoms with van der Waals surface area (Å²) in [5.41, 5.74) is 0. The van der Waals surface area contributed by atoms with Gasteiger partial charge in [0.1, 0.15) is 6.04 Å². The minimum absolute atomic E-state index is 0.142. The van der Waals surface area contributed by atoms with Crippen LogP contribution in [0.4, 0.5) is 0 Å². The highest BCUT2D eigenvalue weighted by Crippen LogP contribution is 2.13. The number of likely N-dealkylation sites (tertiary alicyclic amines) is 1. The number of nitrogens with zero attached hydrogens (tertiary/aromatic N) is 1. The van der Waals surface area contributed by atoms with Gasteiger partial charge in [-0.05, 0) is 18.6 Å². The predicted molar refractivity (Wildman–Crippen MR) is 68.5 cm³/mol. The van der Waals surface area contributed by atoms with Gasteiger partial charge in [-0.3, -0.25) is 19.3 Å². The number of amides is 3. The number of carbonyl (C=O) groups is 4. The van der Waals surface area contributed by atoms with Crippen molar-refractivity contribution in [3.63, 3.8) is 0 Å². The maximum atomic E-state index is 11.7. The number of hydrogen-bond donors (Lipinski definition) is 2. The van der Waals surface area contributed by atoms with Crippen LogP contribution in [0.15, 0.2) is 0 Å². The molecule has 8 heteroatoms. The third-order valence-corrected chi connectivity index (χ3v) is 3.69. The molecule has 0 aromatic heterocycles. The number of nitrogens with one attached hydrogen (secondary N) is 1. The number of aliphatic carboxylic acids is 1. The Morgan fingerprint density at radius 1 is 1.53 bits per heavy atom. The monoisotopic (exact) mass is 288 g/mol. The predicted octanol–water partition coefficient (Wildman–Crippen LogP) is -0.542. The zero-order chi connectivity index (χ0) is 14.3. The molecule has 1 heterocycles. The van der Waals surface area contributed by atoms with Gasteiger partial charge < -0.3 is 10.4 Å². The van der Waals surface area contributed by atoms with E-state index in [2.05, 4.69) is 5.32 Å². The van der Waals surface area contributed by atoms with Gasteiger partial charge in [0.25, 0.3) is 0 Å². The summed E-state index contributed by atoms with van der Waals surface area (Å²) in [6, 6.07) is -0.937. The van der Waals surface area contributed by atoms with E-state index in [-0.39, 0.29) is 24.0 Å². The van der Waals surface area contributed by atoms with Crippen LogP contribution in [0, 0.1) is 0 Å². The van der Waals surface area contributed by atoms with Crippen LogP contribution in [0.2, 0.25) is 0 Å². The molecule has 0 aromatic rings. The van der Waals surface area contributed by atoms with Gasteiger partial charge in [-0.25, -0.2) is 4.79 Å². The average Bonchev–Trinajstić information content (AvgIpc) is 2.79. The quantitative estimate of drug-likeness (QED) is 0.459. The molecule has 0 aromatic carbocycles. The highest BCUT2D eigenvalue weighted by molar-refractivity contribution is 7.99. The Labute approximate surface area is 114 Å². The first-order valence-electron chi connectivity index (χ1n) is 5.89. The van der Waals surface area contributed by atoms with Crippen molar-refractivity contribution in [1.29, 1.82) is 0 Å². The zero-order valence-corrected chi connectivity index (χ0v) is 11.1. The molecule has 1 fully saturated rings. The average molecular weight is 288 g/mol. The van der Waals surface area contributed by atoms with Gasteiger partial charge in [-0.15, -0.1) is 0 Å². The fourth-order valence-electron chi connectivity index (χ4n) is 1.71. The number of thioether (sulfide) groups is 1. The summed E-state index contributed by atoms with van der Waals surface area (Å²) in [6.07, 6.45) is 1.71. The number of imide groups is 1. The lowest BCUT2D eigenvalue weighted by atomic mass is 10.2. The van der Waals surface area contributed by atoms with Crippen LogP contribution in [-0.4, -0.2) is 58.3 Å². The maximum absolute atomic E-state index is 11.7. The Hall–Kier alpha value is -1.57. The Balaban J connectivity index is 2.22. The van der Waals surface area contributed by atoms with Crippen LogP contribution >= 0.6 is 11.8 Å². The molecule has 2 N–H and O–H groups in total. The molecule has 0 radical (unpaired) electrons. The second kappa shape index (κ2) is 7.78. The van der Waals surface area contributed by atoms with Crippen LogP contribution in [-0.2, 0) is 19.2 Å². The van der Waals surface area contributed by atoms with Crippen molar-refractivity contribution in [2.75, 3.05) is 18.1 Å². The van der Waals surface area contributed by atoms with Gasteiger partial charge in [0.05, 0.1) is 5.75 Å². The van der Waals surface area contributed by atoms with Crippen molar-refractivity contribution >= 4 is 36.0 Å². The van der Waals surface area contributed by atoms with Gasteiger partial charge in [0.15, 0.2) is 0 Å². The fraction of sp³-hybridized carbons (Fsp3) is 0.636. The van der Waals surface area contributed by atoms with E-state index in [1.165, 1.54) is 16.7 Å². The van der Waals surface area contributed by atoms with Gasteiger partial charge in [-0.2, -0.15) is 11.8 Å². The molecule has 1 atom stereocenters. The molecular formula is C11H16N2O5S. The third-order valence-electron chi connectivity index (χ3n) is 2.72. The largest absolute Gasteiger partial charge is 0.480 e. The SMILES string of the molecule is O=CNC(CCSCC(=O)N1CCCC1=O)C(=O)O. The smallest absolute Gasteiger partial charge is 0.326 e. The number of hydrogen-bond acceptors (Lipinski definition) is 5. The molecule has 106 valence electrons. The molecule has 0 saturated carbocycles. The molecule has 1 saturated heterocycles. The first kappa shape index (κ1) is 15.5. The Morgan fingerprint density at radius 2 is 2.26 bits per heavy atom. The molecule has 1 rings (SSSR count). The number of carboxylic acid groups (broad SMARTS) is 1. The Morgan fingerprint density at radius 3 is 2.79 bits per heavy atom. The molecule has 0 aliphatic carbocycles. The third kappa shape index (κ3) is 4.90. The van der Waals surface area contributed by atoms with Crippen molar-refractivity contribution in [1.82, 2.24) is 10.2 Å². The highest BCUT2D eigenvalue weighted by atomic mass is 32.2. The second-order valence-corrected chi connectivity index (χ2v) is 5.16. The van der Waals surface area contributed by atoms with Crippen molar-refractivity contribution in [3.8, 4) is 0 Å². The summed E-state index contributed by atoms with van der Waals surface area (Å²) in [5, 5.41) is 11.0. The highest BCUT2D eigenvalue weighted by Gasteiger charge is 2.26. The van der Waals surface area contributed by atoms with E-state index in [0.29, 0.717) is 31.5 Å².